The average molecular weight is 265 g/mol. The molecule has 0 unspecified atom stereocenters. The van der Waals surface area contributed by atoms with Gasteiger partial charge in [0.05, 0.1) is 10.2 Å². The number of rotatable bonds is 3. The lowest BCUT2D eigenvalue weighted by Gasteiger charge is -1.97. The van der Waals surface area contributed by atoms with Crippen molar-refractivity contribution < 1.29 is 8.42 Å². The van der Waals surface area contributed by atoms with Crippen LogP contribution in [0.3, 0.4) is 0 Å². The number of fused-ring (bicyclic) bond motifs is 1. The first-order valence-corrected chi connectivity index (χ1v) is 5.71. The van der Waals surface area contributed by atoms with Gasteiger partial charge in [0.1, 0.15) is 11.0 Å². The van der Waals surface area contributed by atoms with Crippen molar-refractivity contribution in [1.29, 1.82) is 0 Å². The highest BCUT2D eigenvalue weighted by Gasteiger charge is 2.17. The Hall–Kier alpha value is -2.81. The summed E-state index contributed by atoms with van der Waals surface area (Å²) in [5, 5.41) is 10.3. The SMILES string of the molecule is [N-]=[N+]=Nc1cccc2c1nnn2S(=O)(=O)N=[N+]=[N-]. The van der Waals surface area contributed by atoms with Crippen molar-refractivity contribution in [2.24, 2.45) is 9.63 Å². The highest BCUT2D eigenvalue weighted by atomic mass is 32.2. The van der Waals surface area contributed by atoms with Gasteiger partial charge in [-0.1, -0.05) is 22.5 Å². The minimum atomic E-state index is -4.31. The van der Waals surface area contributed by atoms with Crippen LogP contribution in [0, 0.1) is 0 Å². The van der Waals surface area contributed by atoms with Gasteiger partial charge in [-0.15, -0.1) is 9.19 Å². The van der Waals surface area contributed by atoms with Crippen LogP contribution in [0.2, 0.25) is 0 Å². The van der Waals surface area contributed by atoms with Crippen LogP contribution >= 0.6 is 0 Å². The first kappa shape index (κ1) is 11.7. The Morgan fingerprint density at radius 1 is 1.28 bits per heavy atom. The zero-order chi connectivity index (χ0) is 13.2. The summed E-state index contributed by atoms with van der Waals surface area (Å²) in [5.74, 6) is 0. The summed E-state index contributed by atoms with van der Waals surface area (Å²) in [7, 11) is -4.31. The summed E-state index contributed by atoms with van der Waals surface area (Å²) in [6, 6.07) is 4.29. The van der Waals surface area contributed by atoms with Gasteiger partial charge in [0.25, 0.3) is 0 Å². The van der Waals surface area contributed by atoms with E-state index in [9.17, 15) is 8.42 Å². The highest BCUT2D eigenvalue weighted by molar-refractivity contribution is 7.88. The summed E-state index contributed by atoms with van der Waals surface area (Å²) in [6.07, 6.45) is 0. The van der Waals surface area contributed by atoms with Crippen molar-refractivity contribution in [1.82, 2.24) is 14.4 Å². The molecule has 18 heavy (non-hydrogen) atoms. The molecular formula is C6H3N9O2S. The fraction of sp³-hybridized carbons (Fsp3) is 0. The molecule has 0 aliphatic carbocycles. The normalized spacial score (nSPS) is 10.7. The van der Waals surface area contributed by atoms with Gasteiger partial charge in [-0.25, -0.2) is 0 Å². The van der Waals surface area contributed by atoms with Crippen LogP contribution in [0.25, 0.3) is 31.9 Å². The molecule has 0 radical (unpaired) electrons. The Balaban J connectivity index is 2.82. The monoisotopic (exact) mass is 265 g/mol. The number of aromatic nitrogens is 3. The Bertz CT molecular complexity index is 809. The molecule has 1 aromatic heterocycles. The molecule has 2 rings (SSSR count). The van der Waals surface area contributed by atoms with Gasteiger partial charge in [0.2, 0.25) is 0 Å². The van der Waals surface area contributed by atoms with Crippen LogP contribution in [-0.2, 0) is 10.2 Å². The molecule has 12 heteroatoms. The van der Waals surface area contributed by atoms with Crippen LogP contribution in [0.5, 0.6) is 0 Å². The minimum absolute atomic E-state index is 0.0484. The van der Waals surface area contributed by atoms with Crippen molar-refractivity contribution in [3.8, 4) is 0 Å². The molecule has 1 aromatic carbocycles. The maximum atomic E-state index is 11.5. The second kappa shape index (κ2) is 4.22. The third-order valence-electron chi connectivity index (χ3n) is 1.94. The molecule has 2 aromatic rings. The second-order valence-electron chi connectivity index (χ2n) is 2.92. The van der Waals surface area contributed by atoms with E-state index in [2.05, 4.69) is 29.8 Å². The molecule has 1 heterocycles. The predicted molar refractivity (Wildman–Crippen MR) is 59.8 cm³/mol. The Kier molecular flexibility index (Phi) is 2.73. The summed E-state index contributed by atoms with van der Waals surface area (Å²) in [5.41, 5.74) is 16.8. The smallest absolute Gasteiger partial charge is 0.196 e. The minimum Gasteiger partial charge on any atom is -0.196 e. The van der Waals surface area contributed by atoms with Crippen molar-refractivity contribution in [3.63, 3.8) is 0 Å². The van der Waals surface area contributed by atoms with E-state index < -0.39 is 10.2 Å². The summed E-state index contributed by atoms with van der Waals surface area (Å²) < 4.78 is 26.1. The van der Waals surface area contributed by atoms with Gasteiger partial charge in [-0.2, -0.15) is 8.42 Å². The molecular weight excluding hydrogens is 262 g/mol. The van der Waals surface area contributed by atoms with E-state index in [4.69, 9.17) is 11.1 Å². The molecule has 0 saturated heterocycles. The van der Waals surface area contributed by atoms with E-state index in [1.807, 2.05) is 0 Å². The van der Waals surface area contributed by atoms with Gasteiger partial charge in [0.15, 0.2) is 0 Å². The average Bonchev–Trinajstić information content (AvgIpc) is 2.75. The highest BCUT2D eigenvalue weighted by Crippen LogP contribution is 2.24. The van der Waals surface area contributed by atoms with Gasteiger partial charge < -0.3 is 0 Å². The largest absolute Gasteiger partial charge is 0.345 e. The lowest BCUT2D eigenvalue weighted by Crippen LogP contribution is -2.10. The number of hydrogen-bond acceptors (Lipinski definition) is 5. The molecule has 0 fully saturated rings. The molecule has 0 aliphatic rings. The maximum absolute atomic E-state index is 11.5. The molecule has 11 nitrogen and oxygen atoms in total. The summed E-state index contributed by atoms with van der Waals surface area (Å²) >= 11 is 0. The Morgan fingerprint density at radius 2 is 2.06 bits per heavy atom. The summed E-state index contributed by atoms with van der Waals surface area (Å²) in [6.45, 7) is 0. The Morgan fingerprint density at radius 3 is 2.72 bits per heavy atom. The molecule has 0 aliphatic heterocycles. The van der Waals surface area contributed by atoms with Crippen LogP contribution in [-0.4, -0.2) is 22.8 Å². The van der Waals surface area contributed by atoms with Crippen molar-refractivity contribution in [3.05, 3.63) is 39.1 Å². The van der Waals surface area contributed by atoms with Gasteiger partial charge in [-0.3, -0.25) is 0 Å². The van der Waals surface area contributed by atoms with Gasteiger partial charge in [-0.05, 0) is 17.1 Å². The zero-order valence-electron chi connectivity index (χ0n) is 8.48. The van der Waals surface area contributed by atoms with E-state index in [0.717, 1.165) is 0 Å². The molecule has 0 atom stereocenters. The third-order valence-corrected chi connectivity index (χ3v) is 2.92. The third kappa shape index (κ3) is 1.78. The van der Waals surface area contributed by atoms with Crippen LogP contribution in [0.4, 0.5) is 5.69 Å². The predicted octanol–water partition coefficient (Wildman–Crippen LogP) is 1.78. The molecule has 0 saturated carbocycles. The topological polar surface area (TPSA) is 162 Å². The quantitative estimate of drug-likeness (QED) is 0.469. The van der Waals surface area contributed by atoms with Crippen LogP contribution in [0.15, 0.2) is 27.8 Å². The van der Waals surface area contributed by atoms with E-state index >= 15 is 0 Å². The zero-order valence-corrected chi connectivity index (χ0v) is 9.30. The first-order chi connectivity index (χ1) is 8.60. The van der Waals surface area contributed by atoms with Crippen molar-refractivity contribution in [2.45, 2.75) is 0 Å². The number of nitrogens with zero attached hydrogens (tertiary/aromatic N) is 9. The molecule has 0 bridgehead atoms. The lowest BCUT2D eigenvalue weighted by atomic mass is 10.3. The first-order valence-electron chi connectivity index (χ1n) is 4.31. The molecule has 0 amide bonds. The molecule has 90 valence electrons. The van der Waals surface area contributed by atoms with E-state index in [1.54, 1.807) is 0 Å². The fourth-order valence-electron chi connectivity index (χ4n) is 1.29. The van der Waals surface area contributed by atoms with Crippen LogP contribution in [0.1, 0.15) is 0 Å². The van der Waals surface area contributed by atoms with Gasteiger partial charge in [0, 0.05) is 9.82 Å². The lowest BCUT2D eigenvalue weighted by molar-refractivity contribution is 0.581. The van der Waals surface area contributed by atoms with Crippen LogP contribution < -0.4 is 0 Å². The Labute approximate surface area is 99.1 Å². The number of benzene rings is 1. The fourth-order valence-corrected chi connectivity index (χ4v) is 1.98. The number of azide groups is 2. The van der Waals surface area contributed by atoms with Crippen molar-refractivity contribution in [2.75, 3.05) is 0 Å². The van der Waals surface area contributed by atoms with Gasteiger partial charge >= 0.3 is 10.2 Å². The van der Waals surface area contributed by atoms with Crippen molar-refractivity contribution >= 4 is 26.9 Å². The molecule has 0 spiro atoms. The standard InChI is InChI=1S/C6H3N9O2S/c7-11-9-4-2-1-3-5-6(4)10-13-15(5)18(16,17)14-12-8/h1-3H. The number of hydrogen-bond donors (Lipinski definition) is 0. The molecule has 0 N–H and O–H groups in total. The van der Waals surface area contributed by atoms with E-state index in [-0.39, 0.29) is 16.7 Å². The second-order valence-corrected chi connectivity index (χ2v) is 4.32. The maximum Gasteiger partial charge on any atom is 0.345 e. The summed E-state index contributed by atoms with van der Waals surface area (Å²) in [4.78, 5) is 4.78. The van der Waals surface area contributed by atoms with E-state index in [1.165, 1.54) is 18.2 Å². The van der Waals surface area contributed by atoms with E-state index in [0.29, 0.717) is 4.09 Å².